The van der Waals surface area contributed by atoms with Crippen LogP contribution in [0.15, 0.2) is 24.3 Å². The average molecular weight is 366 g/mol. The maximum atomic E-state index is 13.6. The Bertz CT molecular complexity index is 847. The van der Waals surface area contributed by atoms with Crippen LogP contribution in [0.4, 0.5) is 4.39 Å². The topological polar surface area (TPSA) is 70.0 Å². The van der Waals surface area contributed by atoms with Crippen LogP contribution in [0.1, 0.15) is 42.5 Å². The molecule has 1 aromatic rings. The summed E-state index contributed by atoms with van der Waals surface area (Å²) >= 11 is 0. The fourth-order valence-electron chi connectivity index (χ4n) is 7.01. The van der Waals surface area contributed by atoms with Crippen molar-refractivity contribution < 1.29 is 14.0 Å². The summed E-state index contributed by atoms with van der Waals surface area (Å²) in [5.74, 6) is 0.515. The Kier molecular flexibility index (Phi) is 3.86. The van der Waals surface area contributed by atoms with Crippen molar-refractivity contribution in [1.82, 2.24) is 5.32 Å². The van der Waals surface area contributed by atoms with E-state index in [-0.39, 0.29) is 35.4 Å². The van der Waals surface area contributed by atoms with Gasteiger partial charge in [-0.15, -0.1) is 0 Å². The van der Waals surface area contributed by atoms with Gasteiger partial charge in [-0.1, -0.05) is 18.6 Å². The fourth-order valence-corrected chi connectivity index (χ4v) is 7.01. The number of rotatable bonds is 2. The number of benzene rings is 1. The maximum Gasteiger partial charge on any atom is 0.237 e. The van der Waals surface area contributed by atoms with Crippen molar-refractivity contribution in [3.05, 3.63) is 35.6 Å². The molecule has 8 unspecified atom stereocenters. The fraction of sp³-hybridized carbons (Fsp3) is 0.591. The third-order valence-electron chi connectivity index (χ3n) is 7.82. The maximum absolute atomic E-state index is 13.6. The molecule has 0 bridgehead atoms. The van der Waals surface area contributed by atoms with E-state index in [2.05, 4.69) is 11.4 Å². The van der Waals surface area contributed by atoms with Crippen LogP contribution < -0.4 is 5.32 Å². The van der Waals surface area contributed by atoms with Crippen LogP contribution >= 0.6 is 0 Å². The second-order valence-electron chi connectivity index (χ2n) is 8.78. The molecule has 27 heavy (non-hydrogen) atoms. The van der Waals surface area contributed by atoms with Crippen molar-refractivity contribution in [2.24, 2.45) is 41.4 Å². The smallest absolute Gasteiger partial charge is 0.237 e. The number of hydrogen-bond donors (Lipinski definition) is 1. The Morgan fingerprint density at radius 3 is 2.70 bits per heavy atom. The van der Waals surface area contributed by atoms with Crippen LogP contribution in [0.25, 0.3) is 0 Å². The Morgan fingerprint density at radius 2 is 1.93 bits per heavy atom. The number of fused-ring (bicyclic) bond motifs is 3. The number of carbonyl (C=O) groups excluding carboxylic acids is 2. The van der Waals surface area contributed by atoms with Gasteiger partial charge in [0, 0.05) is 23.4 Å². The van der Waals surface area contributed by atoms with Crippen LogP contribution in [-0.4, -0.2) is 17.7 Å². The molecule has 4 fully saturated rings. The van der Waals surface area contributed by atoms with E-state index < -0.39 is 5.92 Å². The Morgan fingerprint density at radius 1 is 1.11 bits per heavy atom. The van der Waals surface area contributed by atoms with Crippen LogP contribution in [0.2, 0.25) is 0 Å². The van der Waals surface area contributed by atoms with E-state index >= 15 is 0 Å². The molecule has 4 aliphatic rings. The molecule has 1 aromatic carbocycles. The summed E-state index contributed by atoms with van der Waals surface area (Å²) in [6, 6.07) is 8.38. The van der Waals surface area contributed by atoms with Crippen molar-refractivity contribution in [3.8, 4) is 6.07 Å². The molecule has 0 radical (unpaired) electrons. The number of nitrogens with one attached hydrogen (secondary N) is 1. The van der Waals surface area contributed by atoms with Crippen molar-refractivity contribution >= 4 is 11.7 Å². The number of nitrogens with zero attached hydrogens (tertiary/aromatic N) is 1. The predicted molar refractivity (Wildman–Crippen MR) is 95.8 cm³/mol. The van der Waals surface area contributed by atoms with Crippen LogP contribution in [0.5, 0.6) is 0 Å². The molecule has 8 atom stereocenters. The average Bonchev–Trinajstić information content (AvgIpc) is 3.16. The van der Waals surface area contributed by atoms with Crippen LogP contribution in [0, 0.1) is 58.6 Å². The highest BCUT2D eigenvalue weighted by Crippen LogP contribution is 2.61. The van der Waals surface area contributed by atoms with Gasteiger partial charge in [0.05, 0.1) is 6.07 Å². The summed E-state index contributed by atoms with van der Waals surface area (Å²) in [5.41, 5.74) is 0.474. The first kappa shape index (κ1) is 16.9. The molecule has 4 nitrogen and oxygen atoms in total. The second-order valence-corrected chi connectivity index (χ2v) is 8.78. The molecule has 1 amide bonds. The number of amides is 1. The lowest BCUT2D eigenvalue weighted by atomic mass is 9.58. The van der Waals surface area contributed by atoms with E-state index in [4.69, 9.17) is 0 Å². The van der Waals surface area contributed by atoms with Gasteiger partial charge >= 0.3 is 0 Å². The molecule has 140 valence electrons. The molecule has 1 saturated heterocycles. The standard InChI is InChI=1S/C22H23FN2O2/c23-12-4-1-3-11(9-12)21(26)14-7-8-16-18-13(14)5-2-6-15(18)19-17(10-24)22(27)25-20(16)19/h1,3-4,9,13-20H,2,5-8H2,(H,25,27). The first-order chi connectivity index (χ1) is 13.1. The van der Waals surface area contributed by atoms with Gasteiger partial charge in [-0.2, -0.15) is 5.26 Å². The van der Waals surface area contributed by atoms with Gasteiger partial charge in [0.25, 0.3) is 0 Å². The van der Waals surface area contributed by atoms with Gasteiger partial charge in [0.1, 0.15) is 11.7 Å². The molecule has 1 heterocycles. The molecular formula is C22H23FN2O2. The van der Waals surface area contributed by atoms with Crippen LogP contribution in [0.3, 0.4) is 0 Å². The molecule has 3 aliphatic carbocycles. The number of halogens is 1. The molecule has 1 N–H and O–H groups in total. The summed E-state index contributed by atoms with van der Waals surface area (Å²) in [6.07, 6.45) is 4.81. The first-order valence-corrected chi connectivity index (χ1v) is 10.1. The first-order valence-electron chi connectivity index (χ1n) is 10.1. The Labute approximate surface area is 158 Å². The molecule has 1 aliphatic heterocycles. The zero-order chi connectivity index (χ0) is 18.7. The van der Waals surface area contributed by atoms with E-state index in [1.807, 2.05) is 0 Å². The molecule has 0 aromatic heterocycles. The van der Waals surface area contributed by atoms with Crippen molar-refractivity contribution in [2.75, 3.05) is 0 Å². The van der Waals surface area contributed by atoms with E-state index in [1.165, 1.54) is 12.1 Å². The lowest BCUT2D eigenvalue weighted by Gasteiger charge is -2.46. The zero-order valence-corrected chi connectivity index (χ0v) is 15.1. The lowest BCUT2D eigenvalue weighted by molar-refractivity contribution is -0.122. The van der Waals surface area contributed by atoms with Crippen molar-refractivity contribution in [2.45, 2.75) is 38.1 Å². The van der Waals surface area contributed by atoms with E-state index in [0.29, 0.717) is 29.2 Å². The number of carbonyl (C=O) groups is 2. The third-order valence-corrected chi connectivity index (χ3v) is 7.82. The van der Waals surface area contributed by atoms with Gasteiger partial charge < -0.3 is 5.32 Å². The second kappa shape index (κ2) is 6.15. The van der Waals surface area contributed by atoms with Gasteiger partial charge in [0.15, 0.2) is 5.78 Å². The third kappa shape index (κ3) is 2.38. The summed E-state index contributed by atoms with van der Waals surface area (Å²) in [4.78, 5) is 25.4. The highest BCUT2D eigenvalue weighted by Gasteiger charge is 2.63. The predicted octanol–water partition coefficient (Wildman–Crippen LogP) is 3.34. The van der Waals surface area contributed by atoms with Gasteiger partial charge in [-0.3, -0.25) is 9.59 Å². The summed E-state index contributed by atoms with van der Waals surface area (Å²) < 4.78 is 13.6. The highest BCUT2D eigenvalue weighted by atomic mass is 19.1. The number of Topliss-reactive ketones (excluding diaryl/α,β-unsaturated/α-hetero) is 1. The number of nitriles is 1. The van der Waals surface area contributed by atoms with Crippen LogP contribution in [-0.2, 0) is 4.79 Å². The van der Waals surface area contributed by atoms with E-state index in [9.17, 15) is 19.2 Å². The molecule has 5 rings (SSSR count). The summed E-state index contributed by atoms with van der Waals surface area (Å²) in [6.45, 7) is 0. The van der Waals surface area contributed by atoms with Crippen molar-refractivity contribution in [1.29, 1.82) is 5.26 Å². The minimum absolute atomic E-state index is 0.0640. The molecule has 5 heteroatoms. The molecule has 3 saturated carbocycles. The SMILES string of the molecule is N#CC1C(=O)NC2C3CCC(C(=O)c4cccc(F)c4)C4CCCC(C43)C12. The zero-order valence-electron chi connectivity index (χ0n) is 15.1. The van der Waals surface area contributed by atoms with Gasteiger partial charge in [-0.05, 0) is 61.5 Å². The van der Waals surface area contributed by atoms with Gasteiger partial charge in [-0.25, -0.2) is 4.39 Å². The van der Waals surface area contributed by atoms with E-state index in [0.717, 1.165) is 32.1 Å². The largest absolute Gasteiger partial charge is 0.352 e. The summed E-state index contributed by atoms with van der Waals surface area (Å²) in [7, 11) is 0. The number of hydrogen-bond acceptors (Lipinski definition) is 3. The minimum Gasteiger partial charge on any atom is -0.352 e. The molecular weight excluding hydrogens is 343 g/mol. The minimum atomic E-state index is -0.540. The normalized spacial score (nSPS) is 42.0. The quantitative estimate of drug-likeness (QED) is 0.816. The lowest BCUT2D eigenvalue weighted by Crippen LogP contribution is -2.45. The Hall–Kier alpha value is -2.22. The van der Waals surface area contributed by atoms with Crippen molar-refractivity contribution in [3.63, 3.8) is 0 Å². The number of ketones is 1. The summed E-state index contributed by atoms with van der Waals surface area (Å²) in [5, 5.41) is 12.6. The highest BCUT2D eigenvalue weighted by molar-refractivity contribution is 5.98. The van der Waals surface area contributed by atoms with Gasteiger partial charge in [0.2, 0.25) is 5.91 Å². The Balaban J connectivity index is 1.46. The monoisotopic (exact) mass is 366 g/mol. The van der Waals surface area contributed by atoms with E-state index in [1.54, 1.807) is 12.1 Å². The molecule has 0 spiro atoms.